The standard InChI is InChI=1S/C18H19N3O5/c1-11(21-18(25)13-2-5-14(8-19)20-9-13)17(24)12-3-6-15(7-4-12)26-10-16(22)23/h2-7,9,11H,8,10,19H2,1H3,(H,21,25)(H,22,23)/t11-/m0/s1. The van der Waals surface area contributed by atoms with Gasteiger partial charge in [-0.25, -0.2) is 4.79 Å². The molecule has 1 aromatic carbocycles. The van der Waals surface area contributed by atoms with Gasteiger partial charge in [-0.1, -0.05) is 0 Å². The Morgan fingerprint density at radius 1 is 1.15 bits per heavy atom. The van der Waals surface area contributed by atoms with E-state index in [4.69, 9.17) is 15.6 Å². The molecule has 1 heterocycles. The summed E-state index contributed by atoms with van der Waals surface area (Å²) in [5.41, 5.74) is 6.83. The van der Waals surface area contributed by atoms with Crippen LogP contribution in [0.15, 0.2) is 42.6 Å². The van der Waals surface area contributed by atoms with E-state index in [0.717, 1.165) is 0 Å². The van der Waals surface area contributed by atoms with Gasteiger partial charge in [0.2, 0.25) is 0 Å². The Labute approximate surface area is 150 Å². The van der Waals surface area contributed by atoms with E-state index in [0.29, 0.717) is 22.6 Å². The van der Waals surface area contributed by atoms with Gasteiger partial charge in [0.05, 0.1) is 17.3 Å². The Balaban J connectivity index is 1.97. The topological polar surface area (TPSA) is 132 Å². The van der Waals surface area contributed by atoms with Crippen LogP contribution in [0.5, 0.6) is 5.75 Å². The van der Waals surface area contributed by atoms with Gasteiger partial charge in [0, 0.05) is 18.3 Å². The molecule has 1 atom stereocenters. The Hall–Kier alpha value is -3.26. The fourth-order valence-electron chi connectivity index (χ4n) is 2.14. The summed E-state index contributed by atoms with van der Waals surface area (Å²) in [5.74, 6) is -1.44. The number of nitrogens with zero attached hydrogens (tertiary/aromatic N) is 1. The maximum atomic E-state index is 12.4. The Morgan fingerprint density at radius 2 is 1.81 bits per heavy atom. The number of ketones is 1. The number of rotatable bonds is 8. The SMILES string of the molecule is C[C@H](NC(=O)c1ccc(CN)nc1)C(=O)c1ccc(OCC(=O)O)cc1. The number of carboxylic acids is 1. The van der Waals surface area contributed by atoms with Crippen molar-refractivity contribution in [2.45, 2.75) is 19.5 Å². The predicted octanol–water partition coefficient (Wildman–Crippen LogP) is 1.00. The quantitative estimate of drug-likeness (QED) is 0.601. The lowest BCUT2D eigenvalue weighted by atomic mass is 10.0. The molecule has 2 aromatic rings. The number of amides is 1. The van der Waals surface area contributed by atoms with E-state index in [9.17, 15) is 14.4 Å². The third-order valence-corrected chi connectivity index (χ3v) is 3.54. The van der Waals surface area contributed by atoms with Gasteiger partial charge in [0.25, 0.3) is 5.91 Å². The van der Waals surface area contributed by atoms with Crippen molar-refractivity contribution in [2.75, 3.05) is 6.61 Å². The Morgan fingerprint density at radius 3 is 2.35 bits per heavy atom. The molecular formula is C18H19N3O5. The minimum Gasteiger partial charge on any atom is -0.482 e. The first-order chi connectivity index (χ1) is 12.4. The van der Waals surface area contributed by atoms with Crippen LogP contribution >= 0.6 is 0 Å². The van der Waals surface area contributed by atoms with Crippen molar-refractivity contribution < 1.29 is 24.2 Å². The summed E-state index contributed by atoms with van der Waals surface area (Å²) in [7, 11) is 0. The molecular weight excluding hydrogens is 338 g/mol. The fourth-order valence-corrected chi connectivity index (χ4v) is 2.14. The van der Waals surface area contributed by atoms with Gasteiger partial charge in [0.15, 0.2) is 12.4 Å². The van der Waals surface area contributed by atoms with Crippen molar-refractivity contribution in [2.24, 2.45) is 5.73 Å². The van der Waals surface area contributed by atoms with Gasteiger partial charge in [-0.05, 0) is 43.3 Å². The van der Waals surface area contributed by atoms with E-state index in [-0.39, 0.29) is 12.3 Å². The molecule has 1 amide bonds. The molecule has 8 heteroatoms. The molecule has 4 N–H and O–H groups in total. The zero-order chi connectivity index (χ0) is 19.1. The molecule has 0 saturated heterocycles. The molecule has 0 unspecified atom stereocenters. The molecule has 1 aromatic heterocycles. The third kappa shape index (κ3) is 5.12. The summed E-state index contributed by atoms with van der Waals surface area (Å²) in [6, 6.07) is 8.52. The molecule has 0 aliphatic heterocycles. The molecule has 0 saturated carbocycles. The van der Waals surface area contributed by atoms with Crippen LogP contribution in [0, 0.1) is 0 Å². The van der Waals surface area contributed by atoms with Crippen molar-refractivity contribution in [1.29, 1.82) is 0 Å². The van der Waals surface area contributed by atoms with E-state index in [1.54, 1.807) is 19.1 Å². The number of carboxylic acid groups (broad SMARTS) is 1. The van der Waals surface area contributed by atoms with Crippen molar-refractivity contribution >= 4 is 17.7 Å². The summed E-state index contributed by atoms with van der Waals surface area (Å²) in [4.78, 5) is 39.1. The number of pyridine rings is 1. The second-order valence-electron chi connectivity index (χ2n) is 5.51. The van der Waals surface area contributed by atoms with Crippen LogP contribution in [0.25, 0.3) is 0 Å². The number of aromatic nitrogens is 1. The maximum absolute atomic E-state index is 12.4. The Bertz CT molecular complexity index is 787. The molecule has 8 nitrogen and oxygen atoms in total. The second kappa shape index (κ2) is 8.72. The van der Waals surface area contributed by atoms with Crippen LogP contribution in [0.4, 0.5) is 0 Å². The number of aliphatic carboxylic acids is 1. The van der Waals surface area contributed by atoms with Crippen LogP contribution in [0.2, 0.25) is 0 Å². The molecule has 2 rings (SSSR count). The highest BCUT2D eigenvalue weighted by atomic mass is 16.5. The van der Waals surface area contributed by atoms with Crippen molar-refractivity contribution in [1.82, 2.24) is 10.3 Å². The Kier molecular flexibility index (Phi) is 6.40. The van der Waals surface area contributed by atoms with E-state index >= 15 is 0 Å². The number of benzene rings is 1. The summed E-state index contributed by atoms with van der Waals surface area (Å²) in [5, 5.41) is 11.2. The van der Waals surface area contributed by atoms with Crippen molar-refractivity contribution in [3.05, 3.63) is 59.4 Å². The zero-order valence-corrected chi connectivity index (χ0v) is 14.1. The second-order valence-corrected chi connectivity index (χ2v) is 5.51. The smallest absolute Gasteiger partial charge is 0.341 e. The first kappa shape index (κ1) is 19.1. The number of hydrogen-bond acceptors (Lipinski definition) is 6. The minimum absolute atomic E-state index is 0.281. The van der Waals surface area contributed by atoms with Gasteiger partial charge < -0.3 is 20.9 Å². The monoisotopic (exact) mass is 357 g/mol. The van der Waals surface area contributed by atoms with Gasteiger partial charge in [-0.2, -0.15) is 0 Å². The number of nitrogens with two attached hydrogens (primary N) is 1. The number of carbonyl (C=O) groups is 3. The molecule has 0 spiro atoms. The highest BCUT2D eigenvalue weighted by Gasteiger charge is 2.18. The van der Waals surface area contributed by atoms with Crippen molar-refractivity contribution in [3.8, 4) is 5.75 Å². The number of Topliss-reactive ketones (excluding diaryl/α,β-unsaturated/α-hetero) is 1. The first-order valence-electron chi connectivity index (χ1n) is 7.85. The molecule has 0 radical (unpaired) electrons. The van der Waals surface area contributed by atoms with E-state index in [2.05, 4.69) is 10.3 Å². The van der Waals surface area contributed by atoms with Crippen LogP contribution < -0.4 is 15.8 Å². The lowest BCUT2D eigenvalue weighted by Crippen LogP contribution is -2.38. The third-order valence-electron chi connectivity index (χ3n) is 3.54. The number of hydrogen-bond donors (Lipinski definition) is 3. The van der Waals surface area contributed by atoms with Crippen LogP contribution in [0.1, 0.15) is 33.3 Å². The van der Waals surface area contributed by atoms with Crippen LogP contribution in [-0.4, -0.2) is 40.4 Å². The lowest BCUT2D eigenvalue weighted by Gasteiger charge is -2.13. The van der Waals surface area contributed by atoms with Gasteiger partial charge in [-0.15, -0.1) is 0 Å². The first-order valence-corrected chi connectivity index (χ1v) is 7.85. The normalized spacial score (nSPS) is 11.5. The summed E-state index contributed by atoms with van der Waals surface area (Å²) in [6.45, 7) is 1.40. The summed E-state index contributed by atoms with van der Waals surface area (Å²) < 4.78 is 5.01. The summed E-state index contributed by atoms with van der Waals surface area (Å²) >= 11 is 0. The lowest BCUT2D eigenvalue weighted by molar-refractivity contribution is -0.139. The number of carbonyl (C=O) groups excluding carboxylic acids is 2. The van der Waals surface area contributed by atoms with E-state index < -0.39 is 24.5 Å². The molecule has 26 heavy (non-hydrogen) atoms. The largest absolute Gasteiger partial charge is 0.482 e. The molecule has 0 aliphatic rings. The average Bonchev–Trinajstić information content (AvgIpc) is 2.66. The number of nitrogens with one attached hydrogen (secondary N) is 1. The summed E-state index contributed by atoms with van der Waals surface area (Å²) in [6.07, 6.45) is 1.41. The van der Waals surface area contributed by atoms with Gasteiger partial charge in [-0.3, -0.25) is 14.6 Å². The highest BCUT2D eigenvalue weighted by molar-refractivity contribution is 6.04. The molecule has 0 fully saturated rings. The maximum Gasteiger partial charge on any atom is 0.341 e. The van der Waals surface area contributed by atoms with Crippen LogP contribution in [-0.2, 0) is 11.3 Å². The molecule has 0 aliphatic carbocycles. The highest BCUT2D eigenvalue weighted by Crippen LogP contribution is 2.14. The average molecular weight is 357 g/mol. The van der Waals surface area contributed by atoms with E-state index in [1.807, 2.05) is 0 Å². The van der Waals surface area contributed by atoms with Gasteiger partial charge in [0.1, 0.15) is 5.75 Å². The zero-order valence-electron chi connectivity index (χ0n) is 14.1. The van der Waals surface area contributed by atoms with Crippen LogP contribution in [0.3, 0.4) is 0 Å². The predicted molar refractivity (Wildman–Crippen MR) is 93.0 cm³/mol. The molecule has 0 bridgehead atoms. The minimum atomic E-state index is -1.09. The molecule has 136 valence electrons. The number of ether oxygens (including phenoxy) is 1. The fraction of sp³-hybridized carbons (Fsp3) is 0.222. The van der Waals surface area contributed by atoms with Gasteiger partial charge >= 0.3 is 5.97 Å². The van der Waals surface area contributed by atoms with Crippen molar-refractivity contribution in [3.63, 3.8) is 0 Å². The van der Waals surface area contributed by atoms with E-state index in [1.165, 1.54) is 30.5 Å².